The number of esters is 1. The number of carbonyl (C=O) groups is 2. The summed E-state index contributed by atoms with van der Waals surface area (Å²) in [6.07, 6.45) is 59.8. The molecule has 0 spiro atoms. The summed E-state index contributed by atoms with van der Waals surface area (Å²) in [4.78, 5) is 39.7. The van der Waals surface area contributed by atoms with Crippen LogP contribution in [0.3, 0.4) is 0 Å². The number of hydrogen-bond donors (Lipinski definition) is 1. The molecule has 0 aliphatic carbocycles. The summed E-state index contributed by atoms with van der Waals surface area (Å²) in [5, 5.41) is 2.99. The molecule has 0 aliphatic heterocycles. The van der Waals surface area contributed by atoms with Crippen molar-refractivity contribution >= 4 is 19.7 Å². The van der Waals surface area contributed by atoms with Gasteiger partial charge in [-0.05, 0) is 89.5 Å². The Morgan fingerprint density at radius 3 is 1.58 bits per heavy atom. The molecule has 0 aliphatic rings. The number of nitrogens with zero attached hydrogens (tertiary/aromatic N) is 1. The number of hydrogen-bond acceptors (Lipinski definition) is 7. The fraction of sp³-hybridized carbons (Fsp3) is 0.719. The van der Waals surface area contributed by atoms with E-state index in [0.29, 0.717) is 23.9 Å². The number of quaternary nitrogens is 1. The van der Waals surface area contributed by atoms with E-state index in [1.54, 1.807) is 0 Å². The van der Waals surface area contributed by atoms with E-state index in [1.807, 2.05) is 39.4 Å². The number of likely N-dealkylation sites (N-methyl/N-ethyl adjacent to an activating group) is 1. The van der Waals surface area contributed by atoms with E-state index in [2.05, 4.69) is 92.9 Å². The van der Waals surface area contributed by atoms with Gasteiger partial charge in [0, 0.05) is 12.8 Å². The van der Waals surface area contributed by atoms with Crippen LogP contribution in [-0.2, 0) is 27.9 Å². The van der Waals surface area contributed by atoms with Crippen molar-refractivity contribution in [3.63, 3.8) is 0 Å². The van der Waals surface area contributed by atoms with Crippen molar-refractivity contribution in [3.8, 4) is 0 Å². The largest absolute Gasteiger partial charge is 0.756 e. The maximum Gasteiger partial charge on any atom is 0.306 e. The third-order valence-electron chi connectivity index (χ3n) is 11.4. The van der Waals surface area contributed by atoms with Crippen LogP contribution in [0.15, 0.2) is 85.1 Å². The first kappa shape index (κ1) is 64.2. The number of unbranched alkanes of at least 4 members (excludes halogenated alkanes) is 21. The van der Waals surface area contributed by atoms with Crippen LogP contribution in [0.1, 0.15) is 213 Å². The molecule has 386 valence electrons. The van der Waals surface area contributed by atoms with Crippen LogP contribution in [0.2, 0.25) is 0 Å². The summed E-state index contributed by atoms with van der Waals surface area (Å²) in [7, 11) is 1.14. The smallest absolute Gasteiger partial charge is 0.306 e. The molecule has 3 atom stereocenters. The van der Waals surface area contributed by atoms with Crippen molar-refractivity contribution in [3.05, 3.63) is 85.1 Å². The van der Waals surface area contributed by atoms with E-state index >= 15 is 0 Å². The lowest BCUT2D eigenvalue weighted by molar-refractivity contribution is -0.870. The summed E-state index contributed by atoms with van der Waals surface area (Å²) in [5.74, 6) is -0.598. The van der Waals surface area contributed by atoms with Crippen LogP contribution >= 0.6 is 7.82 Å². The zero-order valence-electron chi connectivity index (χ0n) is 43.8. The highest BCUT2D eigenvalue weighted by atomic mass is 31.2. The Hall–Kier alpha value is -2.81. The Morgan fingerprint density at radius 1 is 0.552 bits per heavy atom. The van der Waals surface area contributed by atoms with Crippen molar-refractivity contribution < 1.29 is 37.3 Å². The molecule has 0 bridgehead atoms. The molecule has 67 heavy (non-hydrogen) atoms. The number of carbonyl (C=O) groups excluding carboxylic acids is 2. The molecule has 9 nitrogen and oxygen atoms in total. The highest BCUT2D eigenvalue weighted by molar-refractivity contribution is 7.45. The van der Waals surface area contributed by atoms with Gasteiger partial charge in [-0.25, -0.2) is 0 Å². The Morgan fingerprint density at radius 2 is 1.01 bits per heavy atom. The van der Waals surface area contributed by atoms with Gasteiger partial charge >= 0.3 is 5.97 Å². The summed E-state index contributed by atoms with van der Waals surface area (Å²) >= 11 is 0. The maximum atomic E-state index is 13.4. The molecule has 0 saturated heterocycles. The van der Waals surface area contributed by atoms with Gasteiger partial charge in [-0.3, -0.25) is 14.2 Å². The minimum Gasteiger partial charge on any atom is -0.756 e. The first-order chi connectivity index (χ1) is 32.4. The Bertz CT molecular complexity index is 1430. The molecule has 1 N–H and O–H groups in total. The monoisotopic (exact) mass is 957 g/mol. The average molecular weight is 957 g/mol. The summed E-state index contributed by atoms with van der Waals surface area (Å²) in [6.45, 7) is 6.61. The van der Waals surface area contributed by atoms with Crippen LogP contribution in [0.4, 0.5) is 0 Å². The van der Waals surface area contributed by atoms with Crippen molar-refractivity contribution in [2.45, 2.75) is 226 Å². The van der Waals surface area contributed by atoms with Crippen LogP contribution in [0.25, 0.3) is 0 Å². The van der Waals surface area contributed by atoms with Gasteiger partial charge in [0.05, 0.1) is 33.8 Å². The highest BCUT2D eigenvalue weighted by Gasteiger charge is 2.27. The Kier molecular flexibility index (Phi) is 44.9. The lowest BCUT2D eigenvalue weighted by atomic mass is 10.1. The van der Waals surface area contributed by atoms with Crippen molar-refractivity contribution in [1.29, 1.82) is 0 Å². The second-order valence-electron chi connectivity index (χ2n) is 19.1. The van der Waals surface area contributed by atoms with E-state index in [-0.39, 0.29) is 31.3 Å². The van der Waals surface area contributed by atoms with Crippen LogP contribution in [-0.4, -0.2) is 69.4 Å². The molecule has 0 radical (unpaired) electrons. The number of nitrogens with one attached hydrogen (secondary N) is 1. The van der Waals surface area contributed by atoms with Gasteiger partial charge in [-0.15, -0.1) is 0 Å². The first-order valence-electron chi connectivity index (χ1n) is 26.9. The fourth-order valence-electron chi connectivity index (χ4n) is 7.17. The van der Waals surface area contributed by atoms with E-state index < -0.39 is 26.6 Å². The quantitative estimate of drug-likeness (QED) is 0.0161. The SMILES string of the molecule is CC/C=C/C=C/C=C\CCCCCCCC(=O)NC(COP(=O)([O-])OCC[N+](C)(C)C)C(/C=C/CCCCCCCCCCC)OC(=O)CCCCCC/C=C\C/C=C\C/C=C\CCCCC. The molecule has 0 fully saturated rings. The molecule has 0 aromatic rings. The Balaban J connectivity index is 5.45. The van der Waals surface area contributed by atoms with Crippen molar-refractivity contribution in [2.75, 3.05) is 40.9 Å². The number of amides is 1. The van der Waals surface area contributed by atoms with Crippen LogP contribution < -0.4 is 10.2 Å². The molecule has 0 aromatic carbocycles. The third kappa shape index (κ3) is 48.0. The van der Waals surface area contributed by atoms with Gasteiger partial charge < -0.3 is 28.5 Å². The normalized spacial score (nSPS) is 14.6. The van der Waals surface area contributed by atoms with E-state index in [4.69, 9.17) is 13.8 Å². The van der Waals surface area contributed by atoms with Gasteiger partial charge in [-0.2, -0.15) is 0 Å². The topological polar surface area (TPSA) is 114 Å². The second-order valence-corrected chi connectivity index (χ2v) is 20.5. The van der Waals surface area contributed by atoms with Gasteiger partial charge in [0.2, 0.25) is 5.91 Å². The fourth-order valence-corrected chi connectivity index (χ4v) is 7.90. The molecule has 0 aromatic heterocycles. The lowest BCUT2D eigenvalue weighted by Crippen LogP contribution is -2.47. The van der Waals surface area contributed by atoms with Gasteiger partial charge in [-0.1, -0.05) is 196 Å². The minimum absolute atomic E-state index is 0.0344. The van der Waals surface area contributed by atoms with Gasteiger partial charge in [0.1, 0.15) is 19.3 Å². The predicted octanol–water partition coefficient (Wildman–Crippen LogP) is 15.2. The van der Waals surface area contributed by atoms with E-state index in [1.165, 1.54) is 70.6 Å². The zero-order valence-corrected chi connectivity index (χ0v) is 44.7. The first-order valence-corrected chi connectivity index (χ1v) is 28.4. The number of allylic oxidation sites excluding steroid dienone is 13. The van der Waals surface area contributed by atoms with Gasteiger partial charge in [0.15, 0.2) is 0 Å². The van der Waals surface area contributed by atoms with E-state index in [0.717, 1.165) is 96.3 Å². The summed E-state index contributed by atoms with van der Waals surface area (Å²) in [6, 6.07) is -0.910. The number of phosphoric acid groups is 1. The van der Waals surface area contributed by atoms with Gasteiger partial charge in [0.25, 0.3) is 7.82 Å². The molecule has 0 saturated carbocycles. The molecule has 0 rings (SSSR count). The molecule has 1 amide bonds. The standard InChI is InChI=1S/C57H101N2O7P/c1-7-10-13-16-19-22-25-27-28-29-30-32-35-38-41-44-47-50-57(61)66-55(48-45-42-39-36-33-24-21-18-15-12-9-3)54(53-65-67(62,63)64-52-51-59(4,5)6)58-56(60)49-46-43-40-37-34-31-26-23-20-17-14-11-8-2/h11,14,17,19-20,22-23,26-28,30,32,45,48,54-55H,7-10,12-13,15-16,18,21,24-25,29,31,33-44,46-47,49-53H2,1-6H3,(H-,58,60,62,63)/b14-11+,20-17+,22-19-,26-23-,28-27-,32-30-,48-45+. The predicted molar refractivity (Wildman–Crippen MR) is 284 cm³/mol. The molecular weight excluding hydrogens is 856 g/mol. The average Bonchev–Trinajstić information content (AvgIpc) is 3.28. The summed E-state index contributed by atoms with van der Waals surface area (Å²) < 4.78 is 30.1. The van der Waals surface area contributed by atoms with Crippen molar-refractivity contribution in [2.24, 2.45) is 0 Å². The summed E-state index contributed by atoms with van der Waals surface area (Å²) in [5.41, 5.74) is 0. The third-order valence-corrected chi connectivity index (χ3v) is 12.3. The minimum atomic E-state index is -4.70. The van der Waals surface area contributed by atoms with E-state index in [9.17, 15) is 19.0 Å². The molecule has 10 heteroatoms. The number of ether oxygens (including phenoxy) is 1. The lowest BCUT2D eigenvalue weighted by Gasteiger charge is -2.30. The molecule has 3 unspecified atom stereocenters. The second kappa shape index (κ2) is 46.9. The Labute approximate surface area is 412 Å². The highest BCUT2D eigenvalue weighted by Crippen LogP contribution is 2.38. The number of phosphoric ester groups is 1. The van der Waals surface area contributed by atoms with Crippen molar-refractivity contribution in [1.82, 2.24) is 5.32 Å². The molecule has 0 heterocycles. The van der Waals surface area contributed by atoms with Crippen LogP contribution in [0.5, 0.6) is 0 Å². The van der Waals surface area contributed by atoms with Crippen LogP contribution in [0, 0.1) is 0 Å². The maximum absolute atomic E-state index is 13.4. The molecular formula is C57H101N2O7P. The number of rotatable bonds is 47. The zero-order chi connectivity index (χ0) is 49.4.